The summed E-state index contributed by atoms with van der Waals surface area (Å²) in [5.74, 6) is 2.19. The second-order valence-corrected chi connectivity index (χ2v) is 7.08. The molecule has 1 unspecified atom stereocenters. The average Bonchev–Trinajstić information content (AvgIpc) is 3.10. The van der Waals surface area contributed by atoms with Gasteiger partial charge in [0.15, 0.2) is 17.4 Å². The molecule has 8 nitrogen and oxygen atoms in total. The van der Waals surface area contributed by atoms with Crippen LogP contribution in [0.25, 0.3) is 5.65 Å². The summed E-state index contributed by atoms with van der Waals surface area (Å²) in [6.45, 7) is 12.4. The highest BCUT2D eigenvalue weighted by molar-refractivity contribution is 5.79. The minimum Gasteiger partial charge on any atom is -0.379 e. The van der Waals surface area contributed by atoms with Gasteiger partial charge in [-0.25, -0.2) is 4.99 Å². The topological polar surface area (TPSA) is 79.1 Å². The predicted octanol–water partition coefficient (Wildman–Crippen LogP) is 1.14. The van der Waals surface area contributed by atoms with Gasteiger partial charge in [0.05, 0.1) is 13.2 Å². The van der Waals surface area contributed by atoms with Crippen molar-refractivity contribution in [2.45, 2.75) is 33.4 Å². The van der Waals surface area contributed by atoms with Crippen molar-refractivity contribution < 1.29 is 4.74 Å². The molecule has 0 bridgehead atoms. The minimum atomic E-state index is 0.451. The Morgan fingerprint density at radius 3 is 2.78 bits per heavy atom. The summed E-state index contributed by atoms with van der Waals surface area (Å²) in [5, 5.41) is 15.3. The third-order valence-electron chi connectivity index (χ3n) is 4.87. The largest absolute Gasteiger partial charge is 0.379 e. The zero-order valence-electron chi connectivity index (χ0n) is 16.6. The maximum Gasteiger partial charge on any atom is 0.191 e. The van der Waals surface area contributed by atoms with Gasteiger partial charge >= 0.3 is 0 Å². The molecule has 27 heavy (non-hydrogen) atoms. The van der Waals surface area contributed by atoms with Crippen LogP contribution in [0, 0.1) is 5.92 Å². The molecule has 0 aromatic carbocycles. The lowest BCUT2D eigenvalue weighted by molar-refractivity contribution is 0.00752. The molecule has 3 rings (SSSR count). The van der Waals surface area contributed by atoms with Crippen LogP contribution in [0.15, 0.2) is 29.4 Å². The lowest BCUT2D eigenvalue weighted by Gasteiger charge is -2.37. The highest BCUT2D eigenvalue weighted by Crippen LogP contribution is 2.12. The Morgan fingerprint density at radius 2 is 2.04 bits per heavy atom. The molecule has 2 N–H and O–H groups in total. The fourth-order valence-corrected chi connectivity index (χ4v) is 3.39. The van der Waals surface area contributed by atoms with E-state index in [-0.39, 0.29) is 0 Å². The number of rotatable bonds is 7. The summed E-state index contributed by atoms with van der Waals surface area (Å²) >= 11 is 0. The summed E-state index contributed by atoms with van der Waals surface area (Å²) in [4.78, 5) is 7.22. The molecular weight excluding hydrogens is 342 g/mol. The molecule has 1 aliphatic heterocycles. The van der Waals surface area contributed by atoms with Crippen molar-refractivity contribution in [2.24, 2.45) is 10.9 Å². The van der Waals surface area contributed by atoms with E-state index in [0.717, 1.165) is 56.8 Å². The lowest BCUT2D eigenvalue weighted by Crippen LogP contribution is -2.52. The van der Waals surface area contributed by atoms with Crippen molar-refractivity contribution in [3.63, 3.8) is 0 Å². The zero-order chi connectivity index (χ0) is 19.1. The van der Waals surface area contributed by atoms with Crippen molar-refractivity contribution in [1.29, 1.82) is 0 Å². The molecule has 0 spiro atoms. The van der Waals surface area contributed by atoms with Crippen molar-refractivity contribution in [1.82, 2.24) is 30.1 Å². The van der Waals surface area contributed by atoms with Gasteiger partial charge < -0.3 is 15.4 Å². The molecule has 2 aromatic heterocycles. The zero-order valence-corrected chi connectivity index (χ0v) is 16.6. The molecule has 0 aliphatic carbocycles. The first-order valence-electron chi connectivity index (χ1n) is 9.81. The second-order valence-electron chi connectivity index (χ2n) is 7.08. The Bertz CT molecular complexity index is 736. The van der Waals surface area contributed by atoms with E-state index in [1.807, 2.05) is 28.8 Å². The van der Waals surface area contributed by atoms with E-state index in [1.54, 1.807) is 0 Å². The maximum atomic E-state index is 5.50. The number of aliphatic imine (C=N–C) groups is 1. The van der Waals surface area contributed by atoms with Crippen molar-refractivity contribution in [2.75, 3.05) is 39.4 Å². The predicted molar refractivity (Wildman–Crippen MR) is 107 cm³/mol. The van der Waals surface area contributed by atoms with Crippen molar-refractivity contribution in [3.8, 4) is 0 Å². The first-order valence-corrected chi connectivity index (χ1v) is 9.81. The number of morpholine rings is 1. The fourth-order valence-electron chi connectivity index (χ4n) is 3.39. The molecular formula is C19H31N7O. The first kappa shape index (κ1) is 19.6. The Morgan fingerprint density at radius 1 is 1.22 bits per heavy atom. The molecule has 0 radical (unpaired) electrons. The SMILES string of the molecule is CCNC(=NCc1nnc2ccccn12)NCC(C(C)C)N1CCOCC1. The Hall–Kier alpha value is -2.19. The number of nitrogens with one attached hydrogen (secondary N) is 2. The number of hydrogen-bond donors (Lipinski definition) is 2. The second kappa shape index (κ2) is 9.66. The monoisotopic (exact) mass is 373 g/mol. The standard InChI is InChI=1S/C19H31N7O/c1-4-20-19(21-13-16(15(2)3)25-9-11-27-12-10-25)22-14-18-24-23-17-7-5-6-8-26(17)18/h5-8,15-16H,4,9-14H2,1-3H3,(H2,20,21,22). The number of fused-ring (bicyclic) bond motifs is 1. The van der Waals surface area contributed by atoms with E-state index in [2.05, 4.69) is 46.5 Å². The van der Waals surface area contributed by atoms with Gasteiger partial charge in [0.1, 0.15) is 6.54 Å². The summed E-state index contributed by atoms with van der Waals surface area (Å²) in [6.07, 6.45) is 1.97. The number of hydrogen-bond acceptors (Lipinski definition) is 5. The van der Waals surface area contributed by atoms with Crippen LogP contribution in [0.5, 0.6) is 0 Å². The van der Waals surface area contributed by atoms with E-state index in [9.17, 15) is 0 Å². The van der Waals surface area contributed by atoms with Crippen LogP contribution in [-0.2, 0) is 11.3 Å². The number of guanidine groups is 1. The number of nitrogens with zero attached hydrogens (tertiary/aromatic N) is 5. The summed E-state index contributed by atoms with van der Waals surface area (Å²) in [6, 6.07) is 6.33. The summed E-state index contributed by atoms with van der Waals surface area (Å²) in [7, 11) is 0. The normalized spacial score (nSPS) is 17.4. The van der Waals surface area contributed by atoms with Crippen LogP contribution < -0.4 is 10.6 Å². The highest BCUT2D eigenvalue weighted by atomic mass is 16.5. The Labute approximate surface area is 161 Å². The number of ether oxygens (including phenoxy) is 1. The van der Waals surface area contributed by atoms with Crippen LogP contribution in [0.3, 0.4) is 0 Å². The Balaban J connectivity index is 1.64. The van der Waals surface area contributed by atoms with Gasteiger partial charge in [0, 0.05) is 38.4 Å². The molecule has 0 amide bonds. The molecule has 1 fully saturated rings. The smallest absolute Gasteiger partial charge is 0.191 e. The quantitative estimate of drug-likeness (QED) is 0.560. The van der Waals surface area contributed by atoms with E-state index in [4.69, 9.17) is 9.73 Å². The van der Waals surface area contributed by atoms with E-state index >= 15 is 0 Å². The van der Waals surface area contributed by atoms with Crippen LogP contribution >= 0.6 is 0 Å². The molecule has 3 heterocycles. The van der Waals surface area contributed by atoms with Crippen LogP contribution in [0.4, 0.5) is 0 Å². The highest BCUT2D eigenvalue weighted by Gasteiger charge is 2.23. The summed E-state index contributed by atoms with van der Waals surface area (Å²) < 4.78 is 7.47. The van der Waals surface area contributed by atoms with Gasteiger partial charge in [0.2, 0.25) is 0 Å². The fraction of sp³-hybridized carbons (Fsp3) is 0.632. The van der Waals surface area contributed by atoms with Gasteiger partial charge in [0.25, 0.3) is 0 Å². The maximum absolute atomic E-state index is 5.50. The molecule has 1 aliphatic rings. The van der Waals surface area contributed by atoms with E-state index in [0.29, 0.717) is 18.5 Å². The lowest BCUT2D eigenvalue weighted by atomic mass is 10.0. The third kappa shape index (κ3) is 5.17. The molecule has 1 atom stereocenters. The molecule has 2 aromatic rings. The molecule has 8 heteroatoms. The summed E-state index contributed by atoms with van der Waals surface area (Å²) in [5.41, 5.74) is 0.841. The van der Waals surface area contributed by atoms with Crippen LogP contribution in [0.2, 0.25) is 0 Å². The number of pyridine rings is 1. The van der Waals surface area contributed by atoms with Gasteiger partial charge in [-0.05, 0) is 25.0 Å². The number of aromatic nitrogens is 3. The average molecular weight is 374 g/mol. The van der Waals surface area contributed by atoms with E-state index in [1.165, 1.54) is 0 Å². The van der Waals surface area contributed by atoms with Gasteiger partial charge in [-0.3, -0.25) is 9.30 Å². The van der Waals surface area contributed by atoms with E-state index < -0.39 is 0 Å². The first-order chi connectivity index (χ1) is 13.2. The van der Waals surface area contributed by atoms with Gasteiger partial charge in [-0.1, -0.05) is 19.9 Å². The van der Waals surface area contributed by atoms with Crippen molar-refractivity contribution >= 4 is 11.6 Å². The van der Waals surface area contributed by atoms with Gasteiger partial charge in [-0.15, -0.1) is 10.2 Å². The molecule has 1 saturated heterocycles. The minimum absolute atomic E-state index is 0.451. The molecule has 0 saturated carbocycles. The van der Waals surface area contributed by atoms with Crippen molar-refractivity contribution in [3.05, 3.63) is 30.2 Å². The molecule has 148 valence electrons. The van der Waals surface area contributed by atoms with Crippen LogP contribution in [0.1, 0.15) is 26.6 Å². The van der Waals surface area contributed by atoms with Gasteiger partial charge in [-0.2, -0.15) is 0 Å². The van der Waals surface area contributed by atoms with Crippen LogP contribution in [-0.4, -0.2) is 70.9 Å². The third-order valence-corrected chi connectivity index (χ3v) is 4.87. The Kier molecular flexibility index (Phi) is 7.00.